The lowest BCUT2D eigenvalue weighted by Crippen LogP contribution is -2.56. The Bertz CT molecular complexity index is 547. The van der Waals surface area contributed by atoms with Crippen molar-refractivity contribution in [2.75, 3.05) is 44.8 Å². The van der Waals surface area contributed by atoms with E-state index in [1.165, 1.54) is 0 Å². The molecule has 0 spiro atoms. The summed E-state index contributed by atoms with van der Waals surface area (Å²) in [6.45, 7) is 3.37. The molecule has 7 nitrogen and oxygen atoms in total. The lowest BCUT2D eigenvalue weighted by molar-refractivity contribution is -0.148. The molecule has 2 aliphatic heterocycles. The van der Waals surface area contributed by atoms with Gasteiger partial charge < -0.3 is 20.3 Å². The third-order valence-electron chi connectivity index (χ3n) is 5.44. The zero-order valence-electron chi connectivity index (χ0n) is 14.4. The average molecular weight is 333 g/mol. The molecule has 1 aromatic heterocycles. The zero-order chi connectivity index (χ0) is 17.0. The topological polar surface area (TPSA) is 84.6 Å². The molecule has 0 aliphatic carbocycles. The number of hydrogen-bond acceptors (Lipinski definition) is 6. The van der Waals surface area contributed by atoms with Crippen molar-refractivity contribution in [3.05, 3.63) is 18.3 Å². The van der Waals surface area contributed by atoms with Gasteiger partial charge in [-0.3, -0.25) is 4.79 Å². The molecule has 0 aromatic carbocycles. The van der Waals surface area contributed by atoms with Crippen LogP contribution >= 0.6 is 0 Å². The number of nitrogens with zero attached hydrogens (tertiary/aromatic N) is 4. The summed E-state index contributed by atoms with van der Waals surface area (Å²) in [6, 6.07) is 4.04. The quantitative estimate of drug-likeness (QED) is 0.871. The Hall–Kier alpha value is -1.73. The molecule has 7 heteroatoms. The standard InChI is InChI=1S/C17H27N5O2/c1-21(16(23)17(13-18)6-10-24-11-7-17)14-4-3-9-22(12-14)15-5-2-8-19-20-15/h2,5,8,14H,3-4,6-7,9-13,18H2,1H3. The second kappa shape index (κ2) is 7.44. The van der Waals surface area contributed by atoms with Crippen LogP contribution in [0, 0.1) is 5.41 Å². The van der Waals surface area contributed by atoms with E-state index in [1.807, 2.05) is 24.1 Å². The van der Waals surface area contributed by atoms with Gasteiger partial charge in [0.1, 0.15) is 0 Å². The molecule has 2 N–H and O–H groups in total. The fourth-order valence-electron chi connectivity index (χ4n) is 3.75. The number of nitrogens with two attached hydrogens (primary N) is 1. The summed E-state index contributed by atoms with van der Waals surface area (Å²) in [5.41, 5.74) is 5.54. The maximum atomic E-state index is 13.1. The third kappa shape index (κ3) is 3.37. The van der Waals surface area contributed by atoms with Gasteiger partial charge in [0.25, 0.3) is 0 Å². The van der Waals surface area contributed by atoms with Gasteiger partial charge in [0.15, 0.2) is 5.82 Å². The largest absolute Gasteiger partial charge is 0.381 e. The van der Waals surface area contributed by atoms with Gasteiger partial charge in [-0.05, 0) is 37.8 Å². The van der Waals surface area contributed by atoms with Crippen LogP contribution in [0.4, 0.5) is 5.82 Å². The molecule has 0 radical (unpaired) electrons. The minimum Gasteiger partial charge on any atom is -0.381 e. The van der Waals surface area contributed by atoms with Gasteiger partial charge in [0.05, 0.1) is 5.41 Å². The van der Waals surface area contributed by atoms with Crippen LogP contribution in [0.3, 0.4) is 0 Å². The molecule has 2 aliphatic rings. The van der Waals surface area contributed by atoms with Crippen LogP contribution in [0.25, 0.3) is 0 Å². The van der Waals surface area contributed by atoms with Gasteiger partial charge in [-0.15, -0.1) is 5.10 Å². The minimum absolute atomic E-state index is 0.166. The molecule has 2 fully saturated rings. The maximum absolute atomic E-state index is 13.1. The van der Waals surface area contributed by atoms with E-state index in [0.717, 1.165) is 31.7 Å². The van der Waals surface area contributed by atoms with Gasteiger partial charge in [0, 0.05) is 52.1 Å². The third-order valence-corrected chi connectivity index (χ3v) is 5.44. The van der Waals surface area contributed by atoms with E-state index in [0.29, 0.717) is 32.6 Å². The highest BCUT2D eigenvalue weighted by Gasteiger charge is 2.42. The first-order valence-corrected chi connectivity index (χ1v) is 8.74. The van der Waals surface area contributed by atoms with E-state index < -0.39 is 5.41 Å². The number of amides is 1. The summed E-state index contributed by atoms with van der Waals surface area (Å²) in [5.74, 6) is 1.04. The second-order valence-electron chi connectivity index (χ2n) is 6.84. The number of piperidine rings is 1. The predicted octanol–water partition coefficient (Wildman–Crippen LogP) is 0.659. The molecule has 24 heavy (non-hydrogen) atoms. The molecule has 1 unspecified atom stereocenters. The van der Waals surface area contributed by atoms with Crippen molar-refractivity contribution in [1.29, 1.82) is 0 Å². The monoisotopic (exact) mass is 333 g/mol. The van der Waals surface area contributed by atoms with Gasteiger partial charge >= 0.3 is 0 Å². The number of aromatic nitrogens is 2. The highest BCUT2D eigenvalue weighted by molar-refractivity contribution is 5.83. The van der Waals surface area contributed by atoms with Crippen LogP contribution in [0.5, 0.6) is 0 Å². The Morgan fingerprint density at radius 1 is 1.50 bits per heavy atom. The first-order chi connectivity index (χ1) is 11.7. The summed E-state index contributed by atoms with van der Waals surface area (Å²) < 4.78 is 5.43. The maximum Gasteiger partial charge on any atom is 0.230 e. The van der Waals surface area contributed by atoms with Crippen molar-refractivity contribution in [2.45, 2.75) is 31.7 Å². The number of ether oxygens (including phenoxy) is 1. The molecule has 1 amide bonds. The van der Waals surface area contributed by atoms with Crippen LogP contribution in [0.1, 0.15) is 25.7 Å². The summed E-state index contributed by atoms with van der Waals surface area (Å²) in [7, 11) is 1.92. The molecule has 3 heterocycles. The van der Waals surface area contributed by atoms with Crippen LogP contribution in [-0.2, 0) is 9.53 Å². The van der Waals surface area contributed by atoms with Gasteiger partial charge in [-0.1, -0.05) is 0 Å². The van der Waals surface area contributed by atoms with E-state index in [1.54, 1.807) is 6.20 Å². The van der Waals surface area contributed by atoms with Crippen LogP contribution in [0.15, 0.2) is 18.3 Å². The Kier molecular flexibility index (Phi) is 5.30. The Balaban J connectivity index is 1.69. The number of hydrogen-bond donors (Lipinski definition) is 1. The molecule has 1 aromatic rings. The van der Waals surface area contributed by atoms with Crippen LogP contribution in [-0.4, -0.2) is 66.9 Å². The van der Waals surface area contributed by atoms with Gasteiger partial charge in [0.2, 0.25) is 5.91 Å². The van der Waals surface area contributed by atoms with E-state index in [2.05, 4.69) is 15.1 Å². The van der Waals surface area contributed by atoms with Crippen molar-refractivity contribution < 1.29 is 9.53 Å². The summed E-state index contributed by atoms with van der Waals surface area (Å²) >= 11 is 0. The van der Waals surface area contributed by atoms with Gasteiger partial charge in [-0.25, -0.2) is 0 Å². The lowest BCUT2D eigenvalue weighted by Gasteiger charge is -2.43. The van der Waals surface area contributed by atoms with Crippen LogP contribution < -0.4 is 10.6 Å². The highest BCUT2D eigenvalue weighted by Crippen LogP contribution is 2.33. The number of rotatable bonds is 4. The Morgan fingerprint density at radius 2 is 2.29 bits per heavy atom. The molecule has 132 valence electrons. The summed E-state index contributed by atoms with van der Waals surface area (Å²) in [4.78, 5) is 17.3. The molecule has 3 rings (SSSR count). The number of anilines is 1. The van der Waals surface area contributed by atoms with Gasteiger partial charge in [-0.2, -0.15) is 5.10 Å². The van der Waals surface area contributed by atoms with E-state index in [9.17, 15) is 4.79 Å². The minimum atomic E-state index is -0.457. The predicted molar refractivity (Wildman–Crippen MR) is 91.6 cm³/mol. The lowest BCUT2D eigenvalue weighted by atomic mass is 9.78. The van der Waals surface area contributed by atoms with Crippen molar-refractivity contribution in [3.8, 4) is 0 Å². The SMILES string of the molecule is CN(C(=O)C1(CN)CCOCC1)C1CCCN(c2cccnn2)C1. The van der Waals surface area contributed by atoms with Crippen molar-refractivity contribution in [2.24, 2.45) is 11.1 Å². The highest BCUT2D eigenvalue weighted by atomic mass is 16.5. The number of carbonyl (C=O) groups is 1. The first kappa shape index (κ1) is 17.1. The van der Waals surface area contributed by atoms with E-state index >= 15 is 0 Å². The van der Waals surface area contributed by atoms with Crippen molar-refractivity contribution in [3.63, 3.8) is 0 Å². The molecule has 0 saturated carbocycles. The molecular weight excluding hydrogens is 306 g/mol. The first-order valence-electron chi connectivity index (χ1n) is 8.74. The Morgan fingerprint density at radius 3 is 2.96 bits per heavy atom. The Labute approximate surface area is 143 Å². The fraction of sp³-hybridized carbons (Fsp3) is 0.706. The van der Waals surface area contributed by atoms with Crippen molar-refractivity contribution >= 4 is 11.7 Å². The van der Waals surface area contributed by atoms with Crippen LogP contribution in [0.2, 0.25) is 0 Å². The normalized spacial score (nSPS) is 23.8. The second-order valence-corrected chi connectivity index (χ2v) is 6.84. The molecule has 2 saturated heterocycles. The molecular formula is C17H27N5O2. The average Bonchev–Trinajstić information content (AvgIpc) is 2.68. The van der Waals surface area contributed by atoms with E-state index in [4.69, 9.17) is 10.5 Å². The molecule has 1 atom stereocenters. The smallest absolute Gasteiger partial charge is 0.230 e. The summed E-state index contributed by atoms with van der Waals surface area (Å²) in [5, 5.41) is 8.16. The van der Waals surface area contributed by atoms with Crippen molar-refractivity contribution in [1.82, 2.24) is 15.1 Å². The summed E-state index contributed by atoms with van der Waals surface area (Å²) in [6.07, 6.45) is 5.16. The molecule has 0 bridgehead atoms. The van der Waals surface area contributed by atoms with E-state index in [-0.39, 0.29) is 11.9 Å². The number of carbonyl (C=O) groups excluding carboxylic acids is 1. The number of likely N-dealkylation sites (N-methyl/N-ethyl adjacent to an activating group) is 1. The fourth-order valence-corrected chi connectivity index (χ4v) is 3.75. The zero-order valence-corrected chi connectivity index (χ0v) is 14.4.